The van der Waals surface area contributed by atoms with Gasteiger partial charge in [-0.3, -0.25) is 10.1 Å². The predicted molar refractivity (Wildman–Crippen MR) is 80.6 cm³/mol. The Kier molecular flexibility index (Phi) is 5.05. The van der Waals surface area contributed by atoms with Gasteiger partial charge in [0, 0.05) is 23.4 Å². The molecule has 0 saturated heterocycles. The maximum atomic E-state index is 11.0. The molecule has 0 amide bonds. The van der Waals surface area contributed by atoms with E-state index in [1.165, 1.54) is 19.2 Å². The zero-order chi connectivity index (χ0) is 14.5. The van der Waals surface area contributed by atoms with Crippen molar-refractivity contribution >= 4 is 23.3 Å². The molecule has 1 saturated carbocycles. The van der Waals surface area contributed by atoms with Gasteiger partial charge in [-0.25, -0.2) is 0 Å². The first kappa shape index (κ1) is 14.9. The second kappa shape index (κ2) is 6.78. The van der Waals surface area contributed by atoms with Crippen molar-refractivity contribution in [3.63, 3.8) is 0 Å². The van der Waals surface area contributed by atoms with Crippen LogP contribution < -0.4 is 10.1 Å². The molecule has 2 rings (SSSR count). The molecule has 1 aliphatic rings. The maximum Gasteiger partial charge on any atom is 0.311 e. The maximum absolute atomic E-state index is 11.0. The van der Waals surface area contributed by atoms with Crippen LogP contribution in [0.2, 0.25) is 0 Å². The number of aromatic nitrogens is 1. The van der Waals surface area contributed by atoms with Gasteiger partial charge in [-0.2, -0.15) is 16.7 Å². The molecule has 0 aliphatic heterocycles. The third-order valence-electron chi connectivity index (χ3n) is 3.60. The van der Waals surface area contributed by atoms with E-state index in [9.17, 15) is 10.1 Å². The Morgan fingerprint density at radius 3 is 2.65 bits per heavy atom. The summed E-state index contributed by atoms with van der Waals surface area (Å²) in [5.41, 5.74) is -0.00205. The molecule has 1 aromatic heterocycles. The van der Waals surface area contributed by atoms with Gasteiger partial charge in [0.2, 0.25) is 11.7 Å². The van der Waals surface area contributed by atoms with E-state index < -0.39 is 4.92 Å². The van der Waals surface area contributed by atoms with Gasteiger partial charge in [-0.1, -0.05) is 0 Å². The van der Waals surface area contributed by atoms with Gasteiger partial charge in [0.1, 0.15) is 0 Å². The summed E-state index contributed by atoms with van der Waals surface area (Å²) in [6.07, 6.45) is 6.43. The van der Waals surface area contributed by atoms with Crippen molar-refractivity contribution in [1.29, 1.82) is 0 Å². The summed E-state index contributed by atoms with van der Waals surface area (Å²) in [7, 11) is 1.50. The number of pyridine rings is 1. The summed E-state index contributed by atoms with van der Waals surface area (Å²) in [6, 6.07) is 3.19. The lowest BCUT2D eigenvalue weighted by Crippen LogP contribution is -2.27. The van der Waals surface area contributed by atoms with Crippen LogP contribution in [0, 0.1) is 10.1 Å². The van der Waals surface area contributed by atoms with Gasteiger partial charge < -0.3 is 10.1 Å². The van der Waals surface area contributed by atoms with Crippen LogP contribution in [0.1, 0.15) is 25.7 Å². The predicted octanol–water partition coefficient (Wildman–Crippen LogP) is 3.08. The van der Waals surface area contributed by atoms with E-state index in [1.807, 2.05) is 11.8 Å². The van der Waals surface area contributed by atoms with Crippen LogP contribution >= 0.6 is 11.8 Å². The summed E-state index contributed by atoms with van der Waals surface area (Å²) in [4.78, 5) is 14.8. The molecular formula is C13H19N3O3S. The minimum Gasteiger partial charge on any atom is -0.481 e. The van der Waals surface area contributed by atoms with Crippen molar-refractivity contribution in [2.24, 2.45) is 0 Å². The van der Waals surface area contributed by atoms with Crippen molar-refractivity contribution in [3.8, 4) is 5.88 Å². The van der Waals surface area contributed by atoms with E-state index in [0.29, 0.717) is 16.9 Å². The summed E-state index contributed by atoms with van der Waals surface area (Å²) in [5.74, 6) is 0.692. The van der Waals surface area contributed by atoms with Crippen LogP contribution in [0.4, 0.5) is 11.5 Å². The van der Waals surface area contributed by atoms with Crippen LogP contribution in [-0.2, 0) is 0 Å². The van der Waals surface area contributed by atoms with Crippen molar-refractivity contribution in [3.05, 3.63) is 22.2 Å². The average molecular weight is 297 g/mol. The summed E-state index contributed by atoms with van der Waals surface area (Å²) < 4.78 is 5.04. The minimum atomic E-state index is -0.414. The Morgan fingerprint density at radius 1 is 1.40 bits per heavy atom. The van der Waals surface area contributed by atoms with E-state index >= 15 is 0 Å². The zero-order valence-electron chi connectivity index (χ0n) is 11.7. The first-order valence-corrected chi connectivity index (χ1v) is 7.91. The monoisotopic (exact) mass is 297 g/mol. The van der Waals surface area contributed by atoms with Gasteiger partial charge in [0.05, 0.1) is 12.0 Å². The lowest BCUT2D eigenvalue weighted by Gasteiger charge is -2.28. The van der Waals surface area contributed by atoms with E-state index in [1.54, 1.807) is 0 Å². The summed E-state index contributed by atoms with van der Waals surface area (Å²) >= 11 is 1.90. The van der Waals surface area contributed by atoms with Crippen molar-refractivity contribution in [2.75, 3.05) is 18.7 Å². The van der Waals surface area contributed by atoms with Crippen LogP contribution in [0.15, 0.2) is 12.1 Å². The molecular weight excluding hydrogens is 278 g/mol. The SMILES string of the molecule is COc1ccc([N+](=O)[O-])c(NC2CCC(SC)CC2)n1. The van der Waals surface area contributed by atoms with Gasteiger partial charge in [0.25, 0.3) is 0 Å². The average Bonchev–Trinajstić information content (AvgIpc) is 2.47. The third-order valence-corrected chi connectivity index (χ3v) is 4.74. The molecule has 1 aliphatic carbocycles. The number of nitrogens with zero attached hydrogens (tertiary/aromatic N) is 2. The highest BCUT2D eigenvalue weighted by Crippen LogP contribution is 2.31. The Labute approximate surface area is 122 Å². The topological polar surface area (TPSA) is 77.3 Å². The first-order valence-electron chi connectivity index (χ1n) is 6.62. The fourth-order valence-corrected chi connectivity index (χ4v) is 3.18. The normalized spacial score (nSPS) is 22.3. The standard InChI is InChI=1S/C13H19N3O3S/c1-19-12-8-7-11(16(17)18)13(15-12)14-9-3-5-10(20-2)6-4-9/h7-10H,3-6H2,1-2H3,(H,14,15). The molecule has 0 atom stereocenters. The molecule has 20 heavy (non-hydrogen) atoms. The Hall–Kier alpha value is -1.50. The molecule has 0 aromatic carbocycles. The van der Waals surface area contributed by atoms with Crippen LogP contribution in [-0.4, -0.2) is 34.6 Å². The lowest BCUT2D eigenvalue weighted by molar-refractivity contribution is -0.384. The second-order valence-corrected chi connectivity index (χ2v) is 5.97. The largest absolute Gasteiger partial charge is 0.481 e. The number of nitro groups is 1. The van der Waals surface area contributed by atoms with Crippen molar-refractivity contribution in [2.45, 2.75) is 37.0 Å². The first-order chi connectivity index (χ1) is 9.63. The number of hydrogen-bond donors (Lipinski definition) is 1. The van der Waals surface area contributed by atoms with Crippen molar-refractivity contribution < 1.29 is 9.66 Å². The molecule has 0 unspecified atom stereocenters. The molecule has 0 bridgehead atoms. The van der Waals surface area contributed by atoms with E-state index in [0.717, 1.165) is 25.7 Å². The number of methoxy groups -OCH3 is 1. The van der Waals surface area contributed by atoms with Gasteiger partial charge in [0.15, 0.2) is 0 Å². The summed E-state index contributed by atoms with van der Waals surface area (Å²) in [6.45, 7) is 0. The molecule has 0 spiro atoms. The quantitative estimate of drug-likeness (QED) is 0.664. The van der Waals surface area contributed by atoms with E-state index in [4.69, 9.17) is 4.74 Å². The highest BCUT2D eigenvalue weighted by atomic mass is 32.2. The molecule has 1 aromatic rings. The minimum absolute atomic E-state index is 0.00205. The van der Waals surface area contributed by atoms with Crippen LogP contribution in [0.5, 0.6) is 5.88 Å². The molecule has 6 nitrogen and oxygen atoms in total. The fraction of sp³-hybridized carbons (Fsp3) is 0.615. The number of ether oxygens (including phenoxy) is 1. The third kappa shape index (κ3) is 3.53. The van der Waals surface area contributed by atoms with Crippen LogP contribution in [0.3, 0.4) is 0 Å². The summed E-state index contributed by atoms with van der Waals surface area (Å²) in [5, 5.41) is 15.0. The number of nitrogens with one attached hydrogen (secondary N) is 1. The highest BCUT2D eigenvalue weighted by Gasteiger charge is 2.24. The molecule has 1 fully saturated rings. The molecule has 0 radical (unpaired) electrons. The number of hydrogen-bond acceptors (Lipinski definition) is 6. The number of rotatable bonds is 5. The smallest absolute Gasteiger partial charge is 0.311 e. The molecule has 7 heteroatoms. The zero-order valence-corrected chi connectivity index (χ0v) is 12.5. The van der Waals surface area contributed by atoms with Crippen molar-refractivity contribution in [1.82, 2.24) is 4.98 Å². The Bertz CT molecular complexity index is 476. The fourth-order valence-electron chi connectivity index (χ4n) is 2.44. The Balaban J connectivity index is 2.09. The van der Waals surface area contributed by atoms with Gasteiger partial charge in [-0.15, -0.1) is 0 Å². The molecule has 110 valence electrons. The second-order valence-electron chi connectivity index (χ2n) is 4.83. The van der Waals surface area contributed by atoms with E-state index in [-0.39, 0.29) is 11.7 Å². The number of thioether (sulfide) groups is 1. The number of anilines is 1. The van der Waals surface area contributed by atoms with Gasteiger partial charge in [-0.05, 0) is 31.9 Å². The molecule has 1 N–H and O–H groups in total. The highest BCUT2D eigenvalue weighted by molar-refractivity contribution is 7.99. The van der Waals surface area contributed by atoms with Gasteiger partial charge >= 0.3 is 5.69 Å². The van der Waals surface area contributed by atoms with Crippen LogP contribution in [0.25, 0.3) is 0 Å². The Morgan fingerprint density at radius 2 is 2.10 bits per heavy atom. The lowest BCUT2D eigenvalue weighted by atomic mass is 9.95. The van der Waals surface area contributed by atoms with E-state index in [2.05, 4.69) is 16.6 Å². The molecule has 1 heterocycles.